The molecule has 0 saturated heterocycles. The zero-order chi connectivity index (χ0) is 13.9. The second-order valence-electron chi connectivity index (χ2n) is 4.83. The summed E-state index contributed by atoms with van der Waals surface area (Å²) in [6, 6.07) is 4.54. The van der Waals surface area contributed by atoms with E-state index >= 15 is 0 Å². The lowest BCUT2D eigenvalue weighted by Gasteiger charge is -2.13. The van der Waals surface area contributed by atoms with Gasteiger partial charge in [-0.1, -0.05) is 0 Å². The summed E-state index contributed by atoms with van der Waals surface area (Å²) in [5, 5.41) is 9.83. The predicted octanol–water partition coefficient (Wildman–Crippen LogP) is 2.32. The summed E-state index contributed by atoms with van der Waals surface area (Å²) < 4.78 is 2.97. The van der Waals surface area contributed by atoms with E-state index in [0.717, 1.165) is 24.3 Å². The van der Waals surface area contributed by atoms with Crippen LogP contribution in [0.25, 0.3) is 10.2 Å². The molecule has 20 heavy (non-hydrogen) atoms. The minimum absolute atomic E-state index is 0.276. The molecule has 0 bridgehead atoms. The third kappa shape index (κ3) is 2.86. The fourth-order valence-corrected chi connectivity index (χ4v) is 2.90. The molecule has 104 valence electrons. The maximum absolute atomic E-state index is 4.47. The van der Waals surface area contributed by atoms with Crippen LogP contribution in [0.2, 0.25) is 0 Å². The second-order valence-corrected chi connectivity index (χ2v) is 5.78. The summed E-state index contributed by atoms with van der Waals surface area (Å²) in [6.07, 6.45) is 4.51. The monoisotopic (exact) mass is 287 g/mol. The number of thiophene rings is 1. The van der Waals surface area contributed by atoms with E-state index in [1.165, 1.54) is 10.3 Å². The van der Waals surface area contributed by atoms with Crippen LogP contribution >= 0.6 is 11.3 Å². The molecule has 1 unspecified atom stereocenters. The van der Waals surface area contributed by atoms with Crippen LogP contribution in [-0.4, -0.2) is 26.3 Å². The summed E-state index contributed by atoms with van der Waals surface area (Å²) in [4.78, 5) is 8.69. The van der Waals surface area contributed by atoms with E-state index in [1.807, 2.05) is 13.2 Å². The van der Waals surface area contributed by atoms with Crippen LogP contribution in [0.3, 0.4) is 0 Å². The molecule has 3 rings (SSSR count). The van der Waals surface area contributed by atoms with E-state index < -0.39 is 0 Å². The number of hydrogen-bond acceptors (Lipinski definition) is 5. The molecule has 0 aromatic carbocycles. The third-order valence-electron chi connectivity index (χ3n) is 3.27. The lowest BCUT2D eigenvalue weighted by molar-refractivity contribution is 0.568. The topological polar surface area (TPSA) is 55.6 Å². The zero-order valence-corrected chi connectivity index (χ0v) is 12.4. The molecule has 0 spiro atoms. The van der Waals surface area contributed by atoms with Gasteiger partial charge in [-0.3, -0.25) is 9.67 Å². The van der Waals surface area contributed by atoms with Crippen molar-refractivity contribution in [2.24, 2.45) is 7.05 Å². The van der Waals surface area contributed by atoms with Crippen LogP contribution in [0.5, 0.6) is 0 Å². The maximum Gasteiger partial charge on any atom is 0.151 e. The number of nitrogens with zero attached hydrogens (tertiary/aromatic N) is 4. The molecule has 6 heteroatoms. The Hall–Kier alpha value is -1.79. The van der Waals surface area contributed by atoms with Gasteiger partial charge in [0, 0.05) is 32.3 Å². The van der Waals surface area contributed by atoms with Crippen molar-refractivity contribution in [2.75, 3.05) is 6.54 Å². The third-order valence-corrected chi connectivity index (χ3v) is 4.12. The number of aromatic nitrogens is 4. The van der Waals surface area contributed by atoms with Crippen molar-refractivity contribution in [3.05, 3.63) is 41.4 Å². The van der Waals surface area contributed by atoms with E-state index in [2.05, 4.69) is 44.8 Å². The van der Waals surface area contributed by atoms with Gasteiger partial charge in [0.05, 0.1) is 10.2 Å². The number of pyridine rings is 1. The van der Waals surface area contributed by atoms with Gasteiger partial charge < -0.3 is 5.32 Å². The minimum Gasteiger partial charge on any atom is -0.310 e. The molecular weight excluding hydrogens is 270 g/mol. The van der Waals surface area contributed by atoms with E-state index in [1.54, 1.807) is 22.3 Å². The maximum atomic E-state index is 4.47. The fraction of sp³-hybridized carbons (Fsp3) is 0.357. The highest BCUT2D eigenvalue weighted by Gasteiger charge is 2.07. The molecule has 0 aliphatic carbocycles. The molecule has 3 aromatic rings. The molecule has 0 saturated carbocycles. The number of hydrogen-bond donors (Lipinski definition) is 1. The van der Waals surface area contributed by atoms with E-state index in [-0.39, 0.29) is 6.04 Å². The van der Waals surface area contributed by atoms with Crippen molar-refractivity contribution in [3.63, 3.8) is 0 Å². The standard InChI is InChI=1S/C14H17N5S/c1-10(15-5-3-14-17-9-19(2)18-14)11-7-13-12(16-8-11)4-6-20-13/h4,6-10,15H,3,5H2,1-2H3. The minimum atomic E-state index is 0.276. The van der Waals surface area contributed by atoms with Gasteiger partial charge in [-0.15, -0.1) is 11.3 Å². The van der Waals surface area contributed by atoms with Crippen LogP contribution < -0.4 is 5.32 Å². The van der Waals surface area contributed by atoms with Crippen LogP contribution in [0.4, 0.5) is 0 Å². The van der Waals surface area contributed by atoms with Gasteiger partial charge in [-0.05, 0) is 30.0 Å². The first kappa shape index (κ1) is 13.2. The van der Waals surface area contributed by atoms with Gasteiger partial charge >= 0.3 is 0 Å². The van der Waals surface area contributed by atoms with Gasteiger partial charge in [0.15, 0.2) is 5.82 Å². The lowest BCUT2D eigenvalue weighted by Crippen LogP contribution is -2.21. The molecule has 1 N–H and O–H groups in total. The molecule has 0 aliphatic heterocycles. The average molecular weight is 287 g/mol. The molecule has 0 radical (unpaired) electrons. The summed E-state index contributed by atoms with van der Waals surface area (Å²) in [5.41, 5.74) is 2.29. The largest absolute Gasteiger partial charge is 0.310 e. The highest BCUT2D eigenvalue weighted by atomic mass is 32.1. The average Bonchev–Trinajstić information content (AvgIpc) is 3.06. The SMILES string of the molecule is CC(NCCc1ncn(C)n1)c1cnc2ccsc2c1. The second kappa shape index (κ2) is 5.68. The molecule has 5 nitrogen and oxygen atoms in total. The molecule has 3 heterocycles. The smallest absolute Gasteiger partial charge is 0.151 e. The predicted molar refractivity (Wildman–Crippen MR) is 80.7 cm³/mol. The highest BCUT2D eigenvalue weighted by Crippen LogP contribution is 2.22. The highest BCUT2D eigenvalue weighted by molar-refractivity contribution is 7.17. The van der Waals surface area contributed by atoms with Crippen LogP contribution in [-0.2, 0) is 13.5 Å². The Bertz CT molecular complexity index is 702. The first-order chi connectivity index (χ1) is 9.72. The Morgan fingerprint density at radius 2 is 2.30 bits per heavy atom. The molecule has 0 fully saturated rings. The van der Waals surface area contributed by atoms with Crippen molar-refractivity contribution < 1.29 is 0 Å². The molecule has 0 aliphatic rings. The van der Waals surface area contributed by atoms with Crippen molar-refractivity contribution in [2.45, 2.75) is 19.4 Å². The van der Waals surface area contributed by atoms with E-state index in [4.69, 9.17) is 0 Å². The molecule has 0 amide bonds. The number of fused-ring (bicyclic) bond motifs is 1. The summed E-state index contributed by atoms with van der Waals surface area (Å²) in [6.45, 7) is 3.01. The summed E-state index contributed by atoms with van der Waals surface area (Å²) >= 11 is 1.73. The lowest BCUT2D eigenvalue weighted by atomic mass is 10.1. The first-order valence-electron chi connectivity index (χ1n) is 6.63. The number of nitrogens with one attached hydrogen (secondary N) is 1. The Balaban J connectivity index is 1.59. The normalized spacial score (nSPS) is 12.9. The first-order valence-corrected chi connectivity index (χ1v) is 7.51. The number of rotatable bonds is 5. The molecular formula is C14H17N5S. The fourth-order valence-electron chi connectivity index (χ4n) is 2.12. The molecule has 3 aromatic heterocycles. The van der Waals surface area contributed by atoms with Crippen molar-refractivity contribution >= 4 is 21.6 Å². The van der Waals surface area contributed by atoms with Crippen LogP contribution in [0, 0.1) is 0 Å². The zero-order valence-electron chi connectivity index (χ0n) is 11.6. The van der Waals surface area contributed by atoms with E-state index in [0.29, 0.717) is 0 Å². The Labute approximate surface area is 121 Å². The summed E-state index contributed by atoms with van der Waals surface area (Å²) in [7, 11) is 1.88. The van der Waals surface area contributed by atoms with Gasteiger partial charge in [0.25, 0.3) is 0 Å². The van der Waals surface area contributed by atoms with Crippen LogP contribution in [0.15, 0.2) is 30.0 Å². The van der Waals surface area contributed by atoms with Gasteiger partial charge in [-0.2, -0.15) is 5.10 Å². The Morgan fingerprint density at radius 3 is 3.10 bits per heavy atom. The number of aryl methyl sites for hydroxylation is 1. The Kier molecular flexibility index (Phi) is 3.75. The molecule has 1 atom stereocenters. The van der Waals surface area contributed by atoms with Crippen molar-refractivity contribution in [1.82, 2.24) is 25.1 Å². The van der Waals surface area contributed by atoms with Gasteiger partial charge in [0.2, 0.25) is 0 Å². The van der Waals surface area contributed by atoms with E-state index in [9.17, 15) is 0 Å². The van der Waals surface area contributed by atoms with Crippen LogP contribution in [0.1, 0.15) is 24.4 Å². The van der Waals surface area contributed by atoms with Crippen molar-refractivity contribution in [1.29, 1.82) is 0 Å². The van der Waals surface area contributed by atoms with Gasteiger partial charge in [0.1, 0.15) is 6.33 Å². The summed E-state index contributed by atoms with van der Waals surface area (Å²) in [5.74, 6) is 0.874. The van der Waals surface area contributed by atoms with Crippen molar-refractivity contribution in [3.8, 4) is 0 Å². The Morgan fingerprint density at radius 1 is 1.40 bits per heavy atom. The quantitative estimate of drug-likeness (QED) is 0.782. The van der Waals surface area contributed by atoms with Gasteiger partial charge in [-0.25, -0.2) is 4.98 Å².